The first-order valence-corrected chi connectivity index (χ1v) is 6.58. The van der Waals surface area contributed by atoms with Crippen LogP contribution < -0.4 is 10.1 Å². The summed E-state index contributed by atoms with van der Waals surface area (Å²) in [6.45, 7) is 8.44. The molecule has 1 N–H and O–H groups in total. The molecule has 2 nitrogen and oxygen atoms in total. The SMILES string of the molecule is COc1ccc(F)cc1C(C)CCNCC(C)C. The molecule has 0 aliphatic heterocycles. The standard InChI is InChI=1S/C15H24FNO/c1-11(2)10-17-8-7-12(3)14-9-13(16)5-6-15(14)18-4/h5-6,9,11-12,17H,7-8,10H2,1-4H3. The number of halogens is 1. The quantitative estimate of drug-likeness (QED) is 0.750. The molecular formula is C15H24FNO. The van der Waals surface area contributed by atoms with Crippen LogP contribution in [0.4, 0.5) is 4.39 Å². The van der Waals surface area contributed by atoms with Gasteiger partial charge in [-0.2, -0.15) is 0 Å². The molecule has 102 valence electrons. The first kappa shape index (κ1) is 15.0. The van der Waals surface area contributed by atoms with Gasteiger partial charge in [-0.3, -0.25) is 0 Å². The predicted octanol–water partition coefficient (Wildman–Crippen LogP) is 3.57. The number of hydrogen-bond donors (Lipinski definition) is 1. The molecule has 1 atom stereocenters. The molecule has 1 rings (SSSR count). The highest BCUT2D eigenvalue weighted by atomic mass is 19.1. The Hall–Kier alpha value is -1.09. The maximum atomic E-state index is 13.3. The monoisotopic (exact) mass is 253 g/mol. The van der Waals surface area contributed by atoms with Gasteiger partial charge >= 0.3 is 0 Å². The van der Waals surface area contributed by atoms with Crippen molar-refractivity contribution < 1.29 is 9.13 Å². The maximum Gasteiger partial charge on any atom is 0.123 e. The van der Waals surface area contributed by atoms with Crippen molar-refractivity contribution in [3.63, 3.8) is 0 Å². The van der Waals surface area contributed by atoms with E-state index in [0.717, 1.165) is 30.8 Å². The number of methoxy groups -OCH3 is 1. The van der Waals surface area contributed by atoms with Crippen LogP contribution >= 0.6 is 0 Å². The minimum Gasteiger partial charge on any atom is -0.496 e. The van der Waals surface area contributed by atoms with Crippen molar-refractivity contribution in [1.82, 2.24) is 5.32 Å². The first-order valence-electron chi connectivity index (χ1n) is 6.58. The van der Waals surface area contributed by atoms with Gasteiger partial charge in [0.15, 0.2) is 0 Å². The van der Waals surface area contributed by atoms with Crippen molar-refractivity contribution in [2.45, 2.75) is 33.1 Å². The van der Waals surface area contributed by atoms with Crippen LogP contribution in [0.1, 0.15) is 38.7 Å². The summed E-state index contributed by atoms with van der Waals surface area (Å²) in [6, 6.07) is 4.71. The Bertz CT molecular complexity index is 366. The Balaban J connectivity index is 2.55. The third kappa shape index (κ3) is 4.65. The van der Waals surface area contributed by atoms with Crippen LogP contribution in [-0.2, 0) is 0 Å². The molecule has 0 saturated heterocycles. The molecule has 0 amide bonds. The summed E-state index contributed by atoms with van der Waals surface area (Å²) in [6.07, 6.45) is 0.979. The zero-order valence-electron chi connectivity index (χ0n) is 11.8. The van der Waals surface area contributed by atoms with Crippen LogP contribution in [0.15, 0.2) is 18.2 Å². The van der Waals surface area contributed by atoms with Crippen LogP contribution in [0.5, 0.6) is 5.75 Å². The van der Waals surface area contributed by atoms with Gasteiger partial charge in [0.2, 0.25) is 0 Å². The second-order valence-electron chi connectivity index (χ2n) is 5.17. The maximum absolute atomic E-state index is 13.3. The molecule has 0 heterocycles. The van der Waals surface area contributed by atoms with E-state index in [1.54, 1.807) is 19.2 Å². The molecule has 0 aromatic heterocycles. The van der Waals surface area contributed by atoms with E-state index in [-0.39, 0.29) is 11.7 Å². The topological polar surface area (TPSA) is 21.3 Å². The first-order chi connectivity index (χ1) is 8.54. The molecule has 0 aliphatic rings. The van der Waals surface area contributed by atoms with Crippen molar-refractivity contribution in [3.8, 4) is 5.75 Å². The van der Waals surface area contributed by atoms with Crippen molar-refractivity contribution in [3.05, 3.63) is 29.6 Å². The van der Waals surface area contributed by atoms with Gasteiger partial charge in [-0.25, -0.2) is 4.39 Å². The van der Waals surface area contributed by atoms with Gasteiger partial charge in [0.1, 0.15) is 11.6 Å². The summed E-state index contributed by atoms with van der Waals surface area (Å²) in [7, 11) is 1.63. The van der Waals surface area contributed by atoms with Gasteiger partial charge in [0, 0.05) is 0 Å². The van der Waals surface area contributed by atoms with E-state index < -0.39 is 0 Å². The van der Waals surface area contributed by atoms with Crippen LogP contribution in [0.2, 0.25) is 0 Å². The van der Waals surface area contributed by atoms with E-state index >= 15 is 0 Å². The summed E-state index contributed by atoms with van der Waals surface area (Å²) in [5.41, 5.74) is 0.948. The molecule has 0 spiro atoms. The lowest BCUT2D eigenvalue weighted by Gasteiger charge is -2.16. The predicted molar refractivity (Wildman–Crippen MR) is 73.7 cm³/mol. The molecule has 0 fully saturated rings. The van der Waals surface area contributed by atoms with Crippen molar-refractivity contribution in [2.75, 3.05) is 20.2 Å². The summed E-state index contributed by atoms with van der Waals surface area (Å²) in [4.78, 5) is 0. The number of hydrogen-bond acceptors (Lipinski definition) is 2. The lowest BCUT2D eigenvalue weighted by molar-refractivity contribution is 0.402. The van der Waals surface area contributed by atoms with Crippen LogP contribution in [-0.4, -0.2) is 20.2 Å². The van der Waals surface area contributed by atoms with Crippen LogP contribution in [0, 0.1) is 11.7 Å². The average Bonchev–Trinajstić information content (AvgIpc) is 2.34. The minimum atomic E-state index is -0.201. The van der Waals surface area contributed by atoms with Gasteiger partial charge in [-0.15, -0.1) is 0 Å². The number of ether oxygens (including phenoxy) is 1. The Morgan fingerprint density at radius 3 is 2.61 bits per heavy atom. The highest BCUT2D eigenvalue weighted by molar-refractivity contribution is 5.36. The highest BCUT2D eigenvalue weighted by Crippen LogP contribution is 2.29. The molecular weight excluding hydrogens is 229 g/mol. The zero-order valence-corrected chi connectivity index (χ0v) is 11.8. The molecule has 0 bridgehead atoms. The molecule has 0 aliphatic carbocycles. The fourth-order valence-corrected chi connectivity index (χ4v) is 1.96. The molecule has 3 heteroatoms. The smallest absolute Gasteiger partial charge is 0.123 e. The van der Waals surface area contributed by atoms with Crippen molar-refractivity contribution in [1.29, 1.82) is 0 Å². The Kier molecular flexibility index (Phi) is 6.13. The van der Waals surface area contributed by atoms with Crippen LogP contribution in [0.3, 0.4) is 0 Å². The second-order valence-corrected chi connectivity index (χ2v) is 5.17. The molecule has 18 heavy (non-hydrogen) atoms. The normalized spacial score (nSPS) is 12.8. The van der Waals surface area contributed by atoms with Crippen LogP contribution in [0.25, 0.3) is 0 Å². The van der Waals surface area contributed by atoms with E-state index in [9.17, 15) is 4.39 Å². The second kappa shape index (κ2) is 7.37. The summed E-state index contributed by atoms with van der Waals surface area (Å²) in [5.74, 6) is 1.51. The third-order valence-electron chi connectivity index (χ3n) is 3.03. The molecule has 1 aromatic carbocycles. The highest BCUT2D eigenvalue weighted by Gasteiger charge is 2.12. The van der Waals surface area contributed by atoms with E-state index in [2.05, 4.69) is 26.1 Å². The van der Waals surface area contributed by atoms with Crippen molar-refractivity contribution >= 4 is 0 Å². The Morgan fingerprint density at radius 2 is 2.00 bits per heavy atom. The van der Waals surface area contributed by atoms with E-state index in [1.807, 2.05) is 0 Å². The molecule has 1 unspecified atom stereocenters. The summed E-state index contributed by atoms with van der Waals surface area (Å²) >= 11 is 0. The van der Waals surface area contributed by atoms with Crippen molar-refractivity contribution in [2.24, 2.45) is 5.92 Å². The summed E-state index contributed by atoms with van der Waals surface area (Å²) in [5, 5.41) is 3.40. The fourth-order valence-electron chi connectivity index (χ4n) is 1.96. The molecule has 0 radical (unpaired) electrons. The van der Waals surface area contributed by atoms with Gasteiger partial charge in [-0.05, 0) is 55.1 Å². The average molecular weight is 253 g/mol. The third-order valence-corrected chi connectivity index (χ3v) is 3.03. The molecule has 0 saturated carbocycles. The fraction of sp³-hybridized carbons (Fsp3) is 0.600. The van der Waals surface area contributed by atoms with Gasteiger partial charge < -0.3 is 10.1 Å². The van der Waals surface area contributed by atoms with E-state index in [0.29, 0.717) is 5.92 Å². The van der Waals surface area contributed by atoms with Gasteiger partial charge in [-0.1, -0.05) is 20.8 Å². The Labute approximate surface area is 110 Å². The summed E-state index contributed by atoms with van der Waals surface area (Å²) < 4.78 is 18.5. The number of nitrogens with one attached hydrogen (secondary N) is 1. The van der Waals surface area contributed by atoms with Gasteiger partial charge in [0.05, 0.1) is 7.11 Å². The van der Waals surface area contributed by atoms with Gasteiger partial charge in [0.25, 0.3) is 0 Å². The minimum absolute atomic E-state index is 0.201. The zero-order chi connectivity index (χ0) is 13.5. The largest absolute Gasteiger partial charge is 0.496 e. The number of benzene rings is 1. The van der Waals surface area contributed by atoms with E-state index in [1.165, 1.54) is 6.07 Å². The lowest BCUT2D eigenvalue weighted by atomic mass is 9.96. The van der Waals surface area contributed by atoms with E-state index in [4.69, 9.17) is 4.74 Å². The number of rotatable bonds is 7. The Morgan fingerprint density at radius 1 is 1.28 bits per heavy atom. The lowest BCUT2D eigenvalue weighted by Crippen LogP contribution is -2.21. The molecule has 1 aromatic rings.